The number of fused-ring (bicyclic) bond motifs is 1. The molecule has 1 amide bonds. The second-order valence-electron chi connectivity index (χ2n) is 7.23. The minimum absolute atomic E-state index is 0.00651. The lowest BCUT2D eigenvalue weighted by atomic mass is 9.96. The highest BCUT2D eigenvalue weighted by atomic mass is 19.1. The molecule has 0 spiro atoms. The summed E-state index contributed by atoms with van der Waals surface area (Å²) < 4.78 is 19.0. The number of aryl methyl sites for hydroxylation is 1. The van der Waals surface area contributed by atoms with Crippen molar-refractivity contribution in [2.75, 3.05) is 19.7 Å². The summed E-state index contributed by atoms with van der Waals surface area (Å²) in [7, 11) is 0. The molecule has 146 valence electrons. The smallest absolute Gasteiger partial charge is 0.260 e. The third-order valence-corrected chi connectivity index (χ3v) is 5.37. The number of hydrogen-bond acceptors (Lipinski definition) is 3. The lowest BCUT2D eigenvalue weighted by Gasteiger charge is -2.31. The van der Waals surface area contributed by atoms with Crippen molar-refractivity contribution in [1.29, 1.82) is 0 Å². The van der Waals surface area contributed by atoms with Crippen LogP contribution in [-0.4, -0.2) is 40.5 Å². The molecule has 5 nitrogen and oxygen atoms in total. The van der Waals surface area contributed by atoms with Gasteiger partial charge in [-0.05, 0) is 55.2 Å². The zero-order valence-electron chi connectivity index (χ0n) is 16.0. The summed E-state index contributed by atoms with van der Waals surface area (Å²) in [6, 6.07) is 12.4. The maximum Gasteiger partial charge on any atom is 0.260 e. The molecule has 1 aromatic heterocycles. The molecule has 28 heavy (non-hydrogen) atoms. The summed E-state index contributed by atoms with van der Waals surface area (Å²) in [5, 5.41) is 0. The normalized spacial score (nSPS) is 15.1. The number of piperidine rings is 1. The molecule has 0 atom stereocenters. The van der Waals surface area contributed by atoms with Gasteiger partial charge in [-0.2, -0.15) is 0 Å². The number of hydrogen-bond donors (Lipinski definition) is 1. The van der Waals surface area contributed by atoms with E-state index in [2.05, 4.69) is 16.9 Å². The summed E-state index contributed by atoms with van der Waals surface area (Å²) in [6.07, 6.45) is 2.60. The Balaban J connectivity index is 1.32. The van der Waals surface area contributed by atoms with Crippen LogP contribution in [0.15, 0.2) is 42.5 Å². The third kappa shape index (κ3) is 4.01. The van der Waals surface area contributed by atoms with E-state index in [0.717, 1.165) is 41.9 Å². The lowest BCUT2D eigenvalue weighted by molar-refractivity contribution is -0.134. The second kappa shape index (κ2) is 8.00. The van der Waals surface area contributed by atoms with Crippen molar-refractivity contribution in [3.05, 3.63) is 59.7 Å². The number of H-pyrrole nitrogens is 1. The first-order chi connectivity index (χ1) is 13.6. The molecule has 1 aliphatic rings. The number of ether oxygens (including phenoxy) is 1. The maximum atomic E-state index is 13.4. The first-order valence-electron chi connectivity index (χ1n) is 9.77. The fourth-order valence-electron chi connectivity index (χ4n) is 3.69. The summed E-state index contributed by atoms with van der Waals surface area (Å²) in [6.45, 7) is 3.50. The van der Waals surface area contributed by atoms with E-state index in [0.29, 0.717) is 13.1 Å². The van der Waals surface area contributed by atoms with Gasteiger partial charge in [0.1, 0.15) is 17.4 Å². The SMILES string of the molecule is CCc1cccc(OCC(=O)N2CCC(c3nc4ccc(F)cc4[nH]3)CC2)c1. The van der Waals surface area contributed by atoms with Crippen molar-refractivity contribution in [2.24, 2.45) is 0 Å². The van der Waals surface area contributed by atoms with Crippen molar-refractivity contribution < 1.29 is 13.9 Å². The van der Waals surface area contributed by atoms with Crippen LogP contribution in [0, 0.1) is 5.82 Å². The first-order valence-corrected chi connectivity index (χ1v) is 9.77. The van der Waals surface area contributed by atoms with Crippen molar-refractivity contribution in [3.8, 4) is 5.75 Å². The summed E-state index contributed by atoms with van der Waals surface area (Å²) in [4.78, 5) is 22.2. The van der Waals surface area contributed by atoms with E-state index in [9.17, 15) is 9.18 Å². The van der Waals surface area contributed by atoms with E-state index in [1.165, 1.54) is 17.7 Å². The number of rotatable bonds is 5. The van der Waals surface area contributed by atoms with Gasteiger partial charge in [-0.25, -0.2) is 9.37 Å². The van der Waals surface area contributed by atoms with Gasteiger partial charge in [0.15, 0.2) is 6.61 Å². The number of carbonyl (C=O) groups excluding carboxylic acids is 1. The van der Waals surface area contributed by atoms with Crippen LogP contribution in [0.1, 0.15) is 37.1 Å². The zero-order valence-corrected chi connectivity index (χ0v) is 16.0. The van der Waals surface area contributed by atoms with Gasteiger partial charge in [0, 0.05) is 19.0 Å². The fraction of sp³-hybridized carbons (Fsp3) is 0.364. The van der Waals surface area contributed by atoms with Crippen LogP contribution in [0.2, 0.25) is 0 Å². The number of nitrogens with one attached hydrogen (secondary N) is 1. The van der Waals surface area contributed by atoms with Crippen molar-refractivity contribution in [2.45, 2.75) is 32.1 Å². The molecule has 2 aromatic carbocycles. The van der Waals surface area contributed by atoms with Gasteiger partial charge < -0.3 is 14.6 Å². The molecule has 4 rings (SSSR count). The van der Waals surface area contributed by atoms with Crippen molar-refractivity contribution in [1.82, 2.24) is 14.9 Å². The molecule has 0 aliphatic carbocycles. The highest BCUT2D eigenvalue weighted by Crippen LogP contribution is 2.28. The molecule has 1 fully saturated rings. The minimum Gasteiger partial charge on any atom is -0.484 e. The van der Waals surface area contributed by atoms with Gasteiger partial charge in [-0.15, -0.1) is 0 Å². The molecule has 1 saturated heterocycles. The maximum absolute atomic E-state index is 13.4. The Labute approximate surface area is 163 Å². The number of imidazole rings is 1. The zero-order chi connectivity index (χ0) is 19.5. The summed E-state index contributed by atoms with van der Waals surface area (Å²) in [5.41, 5.74) is 2.69. The van der Waals surface area contributed by atoms with Crippen LogP contribution in [0.4, 0.5) is 4.39 Å². The topological polar surface area (TPSA) is 58.2 Å². The Morgan fingerprint density at radius 2 is 2.07 bits per heavy atom. The molecule has 0 unspecified atom stereocenters. The van der Waals surface area contributed by atoms with Crippen LogP contribution in [0.5, 0.6) is 5.75 Å². The summed E-state index contributed by atoms with van der Waals surface area (Å²) >= 11 is 0. The lowest BCUT2D eigenvalue weighted by Crippen LogP contribution is -2.40. The van der Waals surface area contributed by atoms with Crippen LogP contribution in [-0.2, 0) is 11.2 Å². The molecular weight excluding hydrogens is 357 g/mol. The van der Waals surface area contributed by atoms with Gasteiger partial charge in [-0.3, -0.25) is 4.79 Å². The number of nitrogens with zero attached hydrogens (tertiary/aromatic N) is 2. The largest absolute Gasteiger partial charge is 0.484 e. The first kappa shape index (κ1) is 18.5. The molecule has 6 heteroatoms. The van der Waals surface area contributed by atoms with Crippen molar-refractivity contribution >= 4 is 16.9 Å². The van der Waals surface area contributed by atoms with E-state index in [1.807, 2.05) is 29.2 Å². The van der Waals surface area contributed by atoms with Crippen LogP contribution in [0.3, 0.4) is 0 Å². The van der Waals surface area contributed by atoms with E-state index >= 15 is 0 Å². The number of amides is 1. The average Bonchev–Trinajstić information content (AvgIpc) is 3.15. The van der Waals surface area contributed by atoms with Gasteiger partial charge in [0.2, 0.25) is 0 Å². The predicted molar refractivity (Wildman–Crippen MR) is 106 cm³/mol. The number of halogens is 1. The molecular formula is C22H24FN3O2. The Bertz CT molecular complexity index is 977. The van der Waals surface area contributed by atoms with Gasteiger partial charge in [0.25, 0.3) is 5.91 Å². The number of aromatic amines is 1. The van der Waals surface area contributed by atoms with E-state index in [4.69, 9.17) is 4.74 Å². The molecule has 1 aliphatic heterocycles. The number of aromatic nitrogens is 2. The Morgan fingerprint density at radius 1 is 1.25 bits per heavy atom. The number of benzene rings is 2. The van der Waals surface area contributed by atoms with Crippen LogP contribution in [0.25, 0.3) is 11.0 Å². The Hall–Kier alpha value is -2.89. The Kier molecular flexibility index (Phi) is 5.28. The predicted octanol–water partition coefficient (Wildman–Crippen LogP) is 4.05. The standard InChI is InChI=1S/C22H24FN3O2/c1-2-15-4-3-5-18(12-15)28-14-21(27)26-10-8-16(9-11-26)22-24-19-7-6-17(23)13-20(19)25-22/h3-7,12-13,16H,2,8-11,14H2,1H3,(H,24,25). The molecule has 3 aromatic rings. The fourth-order valence-corrected chi connectivity index (χ4v) is 3.69. The molecule has 0 bridgehead atoms. The molecule has 1 N–H and O–H groups in total. The summed E-state index contributed by atoms with van der Waals surface area (Å²) in [5.74, 6) is 1.60. The van der Waals surface area contributed by atoms with E-state index in [-0.39, 0.29) is 24.2 Å². The molecule has 2 heterocycles. The number of likely N-dealkylation sites (tertiary alicyclic amines) is 1. The van der Waals surface area contributed by atoms with Gasteiger partial charge in [0.05, 0.1) is 11.0 Å². The highest BCUT2D eigenvalue weighted by Gasteiger charge is 2.26. The minimum atomic E-state index is -0.271. The average molecular weight is 381 g/mol. The third-order valence-electron chi connectivity index (χ3n) is 5.37. The van der Waals surface area contributed by atoms with E-state index < -0.39 is 0 Å². The number of carbonyl (C=O) groups is 1. The van der Waals surface area contributed by atoms with Crippen LogP contribution >= 0.6 is 0 Å². The van der Waals surface area contributed by atoms with E-state index in [1.54, 1.807) is 6.07 Å². The van der Waals surface area contributed by atoms with Crippen molar-refractivity contribution in [3.63, 3.8) is 0 Å². The monoisotopic (exact) mass is 381 g/mol. The van der Waals surface area contributed by atoms with Gasteiger partial charge >= 0.3 is 0 Å². The molecule has 0 radical (unpaired) electrons. The second-order valence-corrected chi connectivity index (χ2v) is 7.23. The highest BCUT2D eigenvalue weighted by molar-refractivity contribution is 5.78. The molecule has 0 saturated carbocycles. The Morgan fingerprint density at radius 3 is 2.86 bits per heavy atom. The van der Waals surface area contributed by atoms with Gasteiger partial charge in [-0.1, -0.05) is 19.1 Å². The van der Waals surface area contributed by atoms with Crippen LogP contribution < -0.4 is 4.74 Å². The quantitative estimate of drug-likeness (QED) is 0.725.